The molecule has 2 heteroatoms. The highest BCUT2D eigenvalue weighted by atomic mass is 16.3. The molecule has 3 atom stereocenters. The van der Waals surface area contributed by atoms with Gasteiger partial charge in [0.05, 0.1) is 11.2 Å². The van der Waals surface area contributed by atoms with Crippen molar-refractivity contribution in [2.75, 3.05) is 0 Å². The van der Waals surface area contributed by atoms with Gasteiger partial charge in [-0.15, -0.1) is 0 Å². The summed E-state index contributed by atoms with van der Waals surface area (Å²) in [4.78, 5) is 0. The third-order valence-electron chi connectivity index (χ3n) is 3.97. The number of rotatable bonds is 2. The molecule has 0 aliphatic heterocycles. The fourth-order valence-corrected chi connectivity index (χ4v) is 3.02. The monoisotopic (exact) mass is 234 g/mol. The Morgan fingerprint density at radius 2 is 1.82 bits per heavy atom. The van der Waals surface area contributed by atoms with Crippen LogP contribution in [0.4, 0.5) is 0 Å². The number of hydrogen-bond donors (Lipinski definition) is 2. The Kier molecular flexibility index (Phi) is 3.28. The van der Waals surface area contributed by atoms with E-state index in [0.29, 0.717) is 6.42 Å². The van der Waals surface area contributed by atoms with Crippen molar-refractivity contribution in [1.82, 2.24) is 0 Å². The van der Waals surface area contributed by atoms with Crippen LogP contribution in [0.3, 0.4) is 0 Å². The minimum absolute atomic E-state index is 0.241. The van der Waals surface area contributed by atoms with Crippen LogP contribution >= 0.6 is 0 Å². The highest BCUT2D eigenvalue weighted by Crippen LogP contribution is 2.40. The predicted molar refractivity (Wildman–Crippen MR) is 68.7 cm³/mol. The van der Waals surface area contributed by atoms with Gasteiger partial charge in [-0.25, -0.2) is 0 Å². The molecule has 0 saturated heterocycles. The Labute approximate surface area is 103 Å². The Hall–Kier alpha value is -0.860. The van der Waals surface area contributed by atoms with Crippen LogP contribution in [0.2, 0.25) is 0 Å². The first-order valence-corrected chi connectivity index (χ1v) is 6.38. The first-order chi connectivity index (χ1) is 7.89. The summed E-state index contributed by atoms with van der Waals surface area (Å²) in [5.41, 5.74) is -0.215. The van der Waals surface area contributed by atoms with Gasteiger partial charge in [-0.3, -0.25) is 0 Å². The van der Waals surface area contributed by atoms with Crippen molar-refractivity contribution < 1.29 is 10.2 Å². The van der Waals surface area contributed by atoms with Crippen molar-refractivity contribution in [1.29, 1.82) is 0 Å². The Morgan fingerprint density at radius 3 is 2.41 bits per heavy atom. The summed E-state index contributed by atoms with van der Waals surface area (Å²) < 4.78 is 0. The van der Waals surface area contributed by atoms with Gasteiger partial charge in [-0.05, 0) is 44.6 Å². The quantitative estimate of drug-likeness (QED) is 0.825. The molecular formula is C15H22O2. The van der Waals surface area contributed by atoms with Gasteiger partial charge in [0.15, 0.2) is 0 Å². The second kappa shape index (κ2) is 4.43. The van der Waals surface area contributed by atoms with Crippen molar-refractivity contribution in [2.24, 2.45) is 5.92 Å². The lowest BCUT2D eigenvalue weighted by Crippen LogP contribution is -2.48. The van der Waals surface area contributed by atoms with Crippen molar-refractivity contribution in [2.45, 2.75) is 50.7 Å². The fraction of sp³-hybridized carbons (Fsp3) is 0.600. The topological polar surface area (TPSA) is 40.5 Å². The lowest BCUT2D eigenvalue weighted by atomic mass is 9.68. The molecule has 2 nitrogen and oxygen atoms in total. The number of hydrogen-bond acceptors (Lipinski definition) is 2. The number of benzene rings is 1. The van der Waals surface area contributed by atoms with Gasteiger partial charge >= 0.3 is 0 Å². The van der Waals surface area contributed by atoms with Crippen molar-refractivity contribution >= 4 is 0 Å². The lowest BCUT2D eigenvalue weighted by molar-refractivity contribution is -0.115. The van der Waals surface area contributed by atoms with Gasteiger partial charge in [0.25, 0.3) is 0 Å². The average Bonchev–Trinajstić information content (AvgIpc) is 2.22. The minimum Gasteiger partial charge on any atom is -0.390 e. The standard InChI is InChI=1S/C15H22O2/c1-14(16)9-8-13(15(2,17)11-14)10-12-6-4-3-5-7-12/h3-7,13,16-17H,8-11H2,1-2H3/t13-,14-,15-/m0/s1. The maximum Gasteiger partial charge on any atom is 0.0678 e. The fourth-order valence-electron chi connectivity index (χ4n) is 3.02. The van der Waals surface area contributed by atoms with Gasteiger partial charge in [0.1, 0.15) is 0 Å². The molecule has 2 rings (SSSR count). The molecule has 94 valence electrons. The summed E-state index contributed by atoms with van der Waals surface area (Å²) in [5.74, 6) is 0.241. The molecule has 1 aliphatic carbocycles. The van der Waals surface area contributed by atoms with E-state index in [1.54, 1.807) is 0 Å². The molecule has 2 N–H and O–H groups in total. The first-order valence-electron chi connectivity index (χ1n) is 6.38. The zero-order valence-electron chi connectivity index (χ0n) is 10.7. The second-order valence-electron chi connectivity index (χ2n) is 5.96. The third-order valence-corrected chi connectivity index (χ3v) is 3.97. The molecule has 0 bridgehead atoms. The minimum atomic E-state index is -0.766. The van der Waals surface area contributed by atoms with Gasteiger partial charge in [-0.2, -0.15) is 0 Å². The molecule has 0 radical (unpaired) electrons. The zero-order valence-corrected chi connectivity index (χ0v) is 10.7. The van der Waals surface area contributed by atoms with E-state index in [1.165, 1.54) is 5.56 Å². The molecule has 1 saturated carbocycles. The van der Waals surface area contributed by atoms with Crippen LogP contribution in [0.15, 0.2) is 30.3 Å². The van der Waals surface area contributed by atoms with Crippen molar-refractivity contribution in [3.63, 3.8) is 0 Å². The maximum absolute atomic E-state index is 10.5. The van der Waals surface area contributed by atoms with Crippen LogP contribution in [0.25, 0.3) is 0 Å². The van der Waals surface area contributed by atoms with Gasteiger partial charge in [0, 0.05) is 6.42 Å². The van der Waals surface area contributed by atoms with Crippen LogP contribution in [-0.2, 0) is 6.42 Å². The van der Waals surface area contributed by atoms with E-state index < -0.39 is 11.2 Å². The van der Waals surface area contributed by atoms with E-state index >= 15 is 0 Å². The van der Waals surface area contributed by atoms with Gasteiger partial charge < -0.3 is 10.2 Å². The van der Waals surface area contributed by atoms with Crippen LogP contribution in [0, 0.1) is 5.92 Å². The van der Waals surface area contributed by atoms with Crippen LogP contribution in [0.1, 0.15) is 38.7 Å². The summed E-state index contributed by atoms with van der Waals surface area (Å²) in [7, 11) is 0. The normalized spacial score (nSPS) is 38.0. The Balaban J connectivity index is 2.07. The SMILES string of the molecule is C[C@]1(O)CC[C@@H](Cc2ccccc2)[C@@](C)(O)C1. The maximum atomic E-state index is 10.5. The molecule has 0 aromatic heterocycles. The van der Waals surface area contributed by atoms with E-state index in [4.69, 9.17) is 0 Å². The van der Waals surface area contributed by atoms with Crippen molar-refractivity contribution in [3.05, 3.63) is 35.9 Å². The molecule has 0 amide bonds. The average molecular weight is 234 g/mol. The van der Waals surface area contributed by atoms with E-state index in [9.17, 15) is 10.2 Å². The summed E-state index contributed by atoms with van der Waals surface area (Å²) in [5, 5.41) is 20.5. The molecule has 0 spiro atoms. The largest absolute Gasteiger partial charge is 0.390 e. The smallest absolute Gasteiger partial charge is 0.0678 e. The van der Waals surface area contributed by atoms with Gasteiger partial charge in [0.2, 0.25) is 0 Å². The molecular weight excluding hydrogens is 212 g/mol. The highest BCUT2D eigenvalue weighted by molar-refractivity contribution is 5.16. The number of aliphatic hydroxyl groups is 2. The highest BCUT2D eigenvalue weighted by Gasteiger charge is 2.43. The van der Waals surface area contributed by atoms with E-state index in [2.05, 4.69) is 12.1 Å². The molecule has 0 unspecified atom stereocenters. The summed E-state index contributed by atoms with van der Waals surface area (Å²) in [6, 6.07) is 10.3. The van der Waals surface area contributed by atoms with Gasteiger partial charge in [-0.1, -0.05) is 30.3 Å². The van der Waals surface area contributed by atoms with Crippen molar-refractivity contribution in [3.8, 4) is 0 Å². The van der Waals surface area contributed by atoms with Crippen LogP contribution in [-0.4, -0.2) is 21.4 Å². The van der Waals surface area contributed by atoms with Crippen LogP contribution in [0.5, 0.6) is 0 Å². The molecule has 1 aliphatic rings. The van der Waals surface area contributed by atoms with E-state index in [1.807, 2.05) is 32.0 Å². The molecule has 0 heterocycles. The lowest BCUT2D eigenvalue weighted by Gasteiger charge is -2.44. The summed E-state index contributed by atoms with van der Waals surface area (Å²) >= 11 is 0. The molecule has 1 aromatic carbocycles. The Bertz CT molecular complexity index is 368. The van der Waals surface area contributed by atoms with Crippen LogP contribution < -0.4 is 0 Å². The molecule has 1 aromatic rings. The third kappa shape index (κ3) is 3.08. The molecule has 1 fully saturated rings. The van der Waals surface area contributed by atoms with E-state index in [-0.39, 0.29) is 5.92 Å². The van der Waals surface area contributed by atoms with E-state index in [0.717, 1.165) is 19.3 Å². The first kappa shape index (κ1) is 12.6. The second-order valence-corrected chi connectivity index (χ2v) is 5.96. The predicted octanol–water partition coefficient (Wildman–Crippen LogP) is 2.53. The Morgan fingerprint density at radius 1 is 1.18 bits per heavy atom. The summed E-state index contributed by atoms with van der Waals surface area (Å²) in [6.07, 6.45) is 3.02. The zero-order chi connectivity index (χ0) is 12.5. The summed E-state index contributed by atoms with van der Waals surface area (Å²) in [6.45, 7) is 3.68. The molecule has 17 heavy (non-hydrogen) atoms.